The molecule has 0 fully saturated rings. The van der Waals surface area contributed by atoms with Gasteiger partial charge < -0.3 is 10.0 Å². The molecule has 0 unspecified atom stereocenters. The second-order valence-corrected chi connectivity index (χ2v) is 9.32. The van der Waals surface area contributed by atoms with Crippen molar-refractivity contribution in [2.45, 2.75) is 20.0 Å². The van der Waals surface area contributed by atoms with Crippen LogP contribution in [-0.4, -0.2) is 31.7 Å². The molecule has 4 aromatic rings. The second kappa shape index (κ2) is 10.9. The lowest BCUT2D eigenvalue weighted by Crippen LogP contribution is -2.44. The Morgan fingerprint density at radius 2 is 1.72 bits per heavy atom. The van der Waals surface area contributed by atoms with Crippen LogP contribution in [0.5, 0.6) is 0 Å². The molecule has 0 aliphatic heterocycles. The number of carboxylic acids is 1. The Balaban J connectivity index is 1.92. The van der Waals surface area contributed by atoms with Crippen molar-refractivity contribution in [1.29, 1.82) is 0 Å². The highest BCUT2D eigenvalue weighted by Crippen LogP contribution is 2.23. The van der Waals surface area contributed by atoms with E-state index in [0.717, 1.165) is 20.2 Å². The number of benzene rings is 3. The number of carboxylic acid groups (broad SMARTS) is 1. The molecular weight excluding hydrogens is 548 g/mol. The van der Waals surface area contributed by atoms with Crippen molar-refractivity contribution in [3.63, 3.8) is 0 Å². The van der Waals surface area contributed by atoms with Crippen molar-refractivity contribution < 1.29 is 9.90 Å². The van der Waals surface area contributed by atoms with Crippen molar-refractivity contribution in [3.8, 4) is 5.69 Å². The average molecular weight is 570 g/mol. The molecule has 0 atom stereocenters. The molecule has 10 heteroatoms. The Labute approximate surface area is 220 Å². The van der Waals surface area contributed by atoms with Gasteiger partial charge in [0.05, 0.1) is 22.8 Å². The molecule has 1 N–H and O–H groups in total. The third-order valence-corrected chi connectivity index (χ3v) is 6.48. The zero-order valence-electron chi connectivity index (χ0n) is 19.3. The molecule has 0 aliphatic rings. The average Bonchev–Trinajstić information content (AvgIpc) is 2.87. The van der Waals surface area contributed by atoms with Crippen LogP contribution in [0.3, 0.4) is 0 Å². The first-order valence-electron chi connectivity index (χ1n) is 11.1. The van der Waals surface area contributed by atoms with Crippen LogP contribution in [-0.2, 0) is 13.1 Å². The highest BCUT2D eigenvalue weighted by atomic mass is 79.9. The summed E-state index contributed by atoms with van der Waals surface area (Å²) in [7, 11) is 0. The van der Waals surface area contributed by atoms with Crippen LogP contribution in [0, 0.1) is 0 Å². The fourth-order valence-corrected chi connectivity index (χ4v) is 4.24. The standard InChI is InChI=1S/C26H22BrClN4O4/c1-2-30(15-17-6-4-3-5-7-17)24-29-25(35)31(16-18-8-10-19(27)11-9-18)26(36)32(24)20-12-13-22(28)21(14-20)23(33)34/h3-14H,2,15-16H2,1H3,(H,33,34). The van der Waals surface area contributed by atoms with Crippen LogP contribution in [0.4, 0.5) is 5.95 Å². The fourth-order valence-electron chi connectivity index (χ4n) is 3.77. The maximum atomic E-state index is 13.8. The number of nitrogens with zero attached hydrogens (tertiary/aromatic N) is 4. The lowest BCUT2D eigenvalue weighted by Gasteiger charge is -2.25. The first kappa shape index (κ1) is 25.4. The number of hydrogen-bond acceptors (Lipinski definition) is 5. The largest absolute Gasteiger partial charge is 0.478 e. The van der Waals surface area contributed by atoms with Gasteiger partial charge in [0, 0.05) is 17.6 Å². The molecule has 4 rings (SSSR count). The van der Waals surface area contributed by atoms with Gasteiger partial charge >= 0.3 is 17.3 Å². The molecule has 0 aliphatic carbocycles. The summed E-state index contributed by atoms with van der Waals surface area (Å²) in [6.45, 7) is 2.72. The molecule has 1 aromatic heterocycles. The molecule has 3 aromatic carbocycles. The number of anilines is 1. The van der Waals surface area contributed by atoms with Crippen LogP contribution in [0.15, 0.2) is 86.9 Å². The number of hydrogen-bond donors (Lipinski definition) is 1. The molecule has 0 spiro atoms. The predicted octanol–water partition coefficient (Wildman–Crippen LogP) is 4.58. The molecular formula is C26H22BrClN4O4. The van der Waals surface area contributed by atoms with Crippen LogP contribution >= 0.6 is 27.5 Å². The van der Waals surface area contributed by atoms with Crippen LogP contribution in [0.25, 0.3) is 5.69 Å². The van der Waals surface area contributed by atoms with E-state index in [0.29, 0.717) is 13.1 Å². The lowest BCUT2D eigenvalue weighted by atomic mass is 10.2. The number of aromatic carboxylic acids is 1. The Kier molecular flexibility index (Phi) is 7.71. The summed E-state index contributed by atoms with van der Waals surface area (Å²) in [6.07, 6.45) is 0. The van der Waals surface area contributed by atoms with Gasteiger partial charge in [0.2, 0.25) is 5.95 Å². The summed E-state index contributed by atoms with van der Waals surface area (Å²) in [6, 6.07) is 21.1. The van der Waals surface area contributed by atoms with Crippen molar-refractivity contribution in [2.24, 2.45) is 0 Å². The zero-order chi connectivity index (χ0) is 25.8. The molecule has 0 radical (unpaired) electrons. The summed E-state index contributed by atoms with van der Waals surface area (Å²) < 4.78 is 3.15. The van der Waals surface area contributed by atoms with E-state index < -0.39 is 17.3 Å². The number of halogens is 2. The predicted molar refractivity (Wildman–Crippen MR) is 142 cm³/mol. The normalized spacial score (nSPS) is 10.9. The summed E-state index contributed by atoms with van der Waals surface area (Å²) in [4.78, 5) is 44.7. The highest BCUT2D eigenvalue weighted by Gasteiger charge is 2.21. The molecule has 0 saturated carbocycles. The highest BCUT2D eigenvalue weighted by molar-refractivity contribution is 9.10. The van der Waals surface area contributed by atoms with Crippen molar-refractivity contribution >= 4 is 39.4 Å². The van der Waals surface area contributed by atoms with Gasteiger partial charge in [-0.25, -0.2) is 23.5 Å². The van der Waals surface area contributed by atoms with Gasteiger partial charge in [-0.1, -0.05) is 70.0 Å². The van der Waals surface area contributed by atoms with Crippen LogP contribution in [0.2, 0.25) is 5.02 Å². The first-order chi connectivity index (χ1) is 17.3. The SMILES string of the molecule is CCN(Cc1ccccc1)c1nc(=O)n(Cc2ccc(Br)cc2)c(=O)n1-c1ccc(Cl)c(C(=O)O)c1. The third kappa shape index (κ3) is 5.42. The van der Waals surface area contributed by atoms with Gasteiger partial charge in [0.15, 0.2) is 0 Å². The first-order valence-corrected chi connectivity index (χ1v) is 12.3. The zero-order valence-corrected chi connectivity index (χ0v) is 21.6. The van der Waals surface area contributed by atoms with Crippen LogP contribution in [0.1, 0.15) is 28.4 Å². The smallest absolute Gasteiger partial charge is 0.355 e. The van der Waals surface area contributed by atoms with E-state index in [1.54, 1.807) is 17.0 Å². The van der Waals surface area contributed by atoms with E-state index in [4.69, 9.17) is 11.6 Å². The minimum Gasteiger partial charge on any atom is -0.478 e. The van der Waals surface area contributed by atoms with E-state index in [2.05, 4.69) is 20.9 Å². The molecule has 0 saturated heterocycles. The summed E-state index contributed by atoms with van der Waals surface area (Å²) in [5, 5.41) is 9.62. The lowest BCUT2D eigenvalue weighted by molar-refractivity contribution is 0.0697. The fraction of sp³-hybridized carbons (Fsp3) is 0.154. The maximum Gasteiger partial charge on any atom is 0.355 e. The number of rotatable bonds is 8. The quantitative estimate of drug-likeness (QED) is 0.334. The van der Waals surface area contributed by atoms with E-state index in [1.165, 1.54) is 22.8 Å². The van der Waals surface area contributed by atoms with Crippen molar-refractivity contribution in [3.05, 3.63) is 120 Å². The van der Waals surface area contributed by atoms with Gasteiger partial charge in [-0.3, -0.25) is 0 Å². The Hall–Kier alpha value is -3.69. The van der Waals surface area contributed by atoms with E-state index >= 15 is 0 Å². The van der Waals surface area contributed by atoms with Crippen molar-refractivity contribution in [2.75, 3.05) is 11.4 Å². The van der Waals surface area contributed by atoms with E-state index in [9.17, 15) is 19.5 Å². The molecule has 1 heterocycles. The van der Waals surface area contributed by atoms with Gasteiger partial charge in [0.25, 0.3) is 0 Å². The topological polar surface area (TPSA) is 97.4 Å². The third-order valence-electron chi connectivity index (χ3n) is 5.62. The minimum atomic E-state index is -1.23. The summed E-state index contributed by atoms with van der Waals surface area (Å²) >= 11 is 9.45. The van der Waals surface area contributed by atoms with Crippen LogP contribution < -0.4 is 16.3 Å². The van der Waals surface area contributed by atoms with Gasteiger partial charge in [0.1, 0.15) is 0 Å². The summed E-state index contributed by atoms with van der Waals surface area (Å²) in [5.74, 6) is -1.12. The monoisotopic (exact) mass is 568 g/mol. The molecule has 36 heavy (non-hydrogen) atoms. The number of aromatic nitrogens is 3. The molecule has 0 amide bonds. The molecule has 184 valence electrons. The maximum absolute atomic E-state index is 13.8. The van der Waals surface area contributed by atoms with Gasteiger partial charge in [-0.05, 0) is 48.4 Å². The Morgan fingerprint density at radius 1 is 1.03 bits per heavy atom. The minimum absolute atomic E-state index is 0.00240. The summed E-state index contributed by atoms with van der Waals surface area (Å²) in [5.41, 5.74) is 0.425. The van der Waals surface area contributed by atoms with Crippen molar-refractivity contribution in [1.82, 2.24) is 14.1 Å². The van der Waals surface area contributed by atoms with Gasteiger partial charge in [-0.2, -0.15) is 4.98 Å². The van der Waals surface area contributed by atoms with Gasteiger partial charge in [-0.15, -0.1) is 0 Å². The number of carbonyl (C=O) groups is 1. The Morgan fingerprint density at radius 3 is 2.36 bits per heavy atom. The van der Waals surface area contributed by atoms with E-state index in [-0.39, 0.29) is 28.8 Å². The molecule has 0 bridgehead atoms. The molecule has 8 nitrogen and oxygen atoms in total. The second-order valence-electron chi connectivity index (χ2n) is 7.99. The Bertz CT molecular complexity index is 1520. The van der Waals surface area contributed by atoms with E-state index in [1.807, 2.05) is 49.4 Å².